The van der Waals surface area contributed by atoms with Gasteiger partial charge in [0.25, 0.3) is 5.91 Å². The number of likely N-dealkylation sites (tertiary alicyclic amines) is 1. The van der Waals surface area contributed by atoms with E-state index in [-0.39, 0.29) is 36.5 Å². The molecule has 1 aliphatic heterocycles. The van der Waals surface area contributed by atoms with E-state index in [1.165, 1.54) is 15.6 Å². The van der Waals surface area contributed by atoms with E-state index in [1.807, 2.05) is 0 Å². The fourth-order valence-corrected chi connectivity index (χ4v) is 5.71. The molecule has 43 heavy (non-hydrogen) atoms. The zero-order valence-corrected chi connectivity index (χ0v) is 23.3. The van der Waals surface area contributed by atoms with Crippen LogP contribution in [0.2, 0.25) is 5.02 Å². The third-order valence-electron chi connectivity index (χ3n) is 7.55. The molecule has 2 aromatic heterocycles. The molecule has 6 rings (SSSR count). The highest BCUT2D eigenvalue weighted by molar-refractivity contribution is 6.33. The fourth-order valence-electron chi connectivity index (χ4n) is 5.48. The van der Waals surface area contributed by atoms with Crippen LogP contribution in [-0.2, 0) is 11.3 Å². The lowest BCUT2D eigenvalue weighted by Gasteiger charge is -2.28. The number of nitrogens with one attached hydrogen (secondary N) is 2. The summed E-state index contributed by atoms with van der Waals surface area (Å²) in [5.74, 6) is -2.13. The van der Waals surface area contributed by atoms with Gasteiger partial charge in [-0.25, -0.2) is 8.78 Å². The van der Waals surface area contributed by atoms with E-state index in [1.54, 1.807) is 67.0 Å². The molecule has 0 bridgehead atoms. The standard InChI is InChI=1S/C30H26ClF2N7O3/c31-22-6-2-1-4-19(22)20-5-3-7-23(27(20)33)37-30(43)25-11-18(32)14-39(25)26(41)15-40-24-9-8-16(17-12-35-36-13-17)10-21(24)28(38-40)29(34)42/h1-10,12-13,18,25-26,41H,11,14-15H2,(H2,34,42)(H,35,36)(H,37,43)/t18-,25+,26?/m1/s1. The maximum Gasteiger partial charge on any atom is 0.269 e. The van der Waals surface area contributed by atoms with Gasteiger partial charge >= 0.3 is 0 Å². The van der Waals surface area contributed by atoms with Crippen LogP contribution in [0.3, 0.4) is 0 Å². The van der Waals surface area contributed by atoms with Gasteiger partial charge in [-0.05, 0) is 29.8 Å². The smallest absolute Gasteiger partial charge is 0.269 e. The molecule has 0 aliphatic carbocycles. The van der Waals surface area contributed by atoms with Gasteiger partial charge in [-0.15, -0.1) is 0 Å². The van der Waals surface area contributed by atoms with Crippen molar-refractivity contribution in [1.82, 2.24) is 24.9 Å². The first kappa shape index (κ1) is 28.5. The first-order chi connectivity index (χ1) is 20.7. The van der Waals surface area contributed by atoms with E-state index >= 15 is 4.39 Å². The lowest BCUT2D eigenvalue weighted by atomic mass is 10.0. The number of carbonyl (C=O) groups excluding carboxylic acids is 2. The number of benzene rings is 3. The third-order valence-corrected chi connectivity index (χ3v) is 7.88. The molecule has 3 atom stereocenters. The third kappa shape index (κ3) is 5.47. The largest absolute Gasteiger partial charge is 0.376 e. The molecule has 3 heterocycles. The summed E-state index contributed by atoms with van der Waals surface area (Å²) in [6.45, 7) is -0.421. The Hall–Kier alpha value is -4.65. The Balaban J connectivity index is 1.24. The van der Waals surface area contributed by atoms with Crippen LogP contribution in [0.5, 0.6) is 0 Å². The highest BCUT2D eigenvalue weighted by atomic mass is 35.5. The number of nitrogens with zero attached hydrogens (tertiary/aromatic N) is 4. The first-order valence-corrected chi connectivity index (χ1v) is 13.8. The minimum Gasteiger partial charge on any atom is -0.376 e. The van der Waals surface area contributed by atoms with Crippen molar-refractivity contribution in [3.05, 3.63) is 89.6 Å². The van der Waals surface area contributed by atoms with Gasteiger partial charge in [-0.1, -0.05) is 48.0 Å². The molecule has 5 aromatic rings. The van der Waals surface area contributed by atoms with E-state index in [2.05, 4.69) is 20.6 Å². The number of halogens is 3. The highest BCUT2D eigenvalue weighted by Gasteiger charge is 2.41. The van der Waals surface area contributed by atoms with Crippen molar-refractivity contribution in [1.29, 1.82) is 0 Å². The number of nitrogens with two attached hydrogens (primary N) is 1. The number of anilines is 1. The summed E-state index contributed by atoms with van der Waals surface area (Å²) in [6, 6.07) is 15.4. The Labute approximate surface area is 249 Å². The second-order valence-electron chi connectivity index (χ2n) is 10.3. The molecule has 13 heteroatoms. The number of hydrogen-bond donors (Lipinski definition) is 4. The summed E-state index contributed by atoms with van der Waals surface area (Å²) < 4.78 is 31.5. The Morgan fingerprint density at radius 1 is 1.14 bits per heavy atom. The van der Waals surface area contributed by atoms with Gasteiger partial charge in [0.15, 0.2) is 11.5 Å². The summed E-state index contributed by atoms with van der Waals surface area (Å²) in [6.07, 6.45) is 0.356. The van der Waals surface area contributed by atoms with E-state index in [0.717, 1.165) is 11.1 Å². The molecular formula is C30H26ClF2N7O3. The summed E-state index contributed by atoms with van der Waals surface area (Å²) in [7, 11) is 0. The average molecular weight is 606 g/mol. The minimum atomic E-state index is -1.40. The van der Waals surface area contributed by atoms with Crippen LogP contribution in [0.1, 0.15) is 16.9 Å². The monoisotopic (exact) mass is 605 g/mol. The van der Waals surface area contributed by atoms with Crippen molar-refractivity contribution in [2.45, 2.75) is 31.4 Å². The summed E-state index contributed by atoms with van der Waals surface area (Å²) in [5, 5.41) is 25.5. The van der Waals surface area contributed by atoms with Crippen molar-refractivity contribution >= 4 is 40.0 Å². The van der Waals surface area contributed by atoms with Crippen molar-refractivity contribution < 1.29 is 23.5 Å². The number of hydrogen-bond acceptors (Lipinski definition) is 6. The molecule has 5 N–H and O–H groups in total. The zero-order chi connectivity index (χ0) is 30.2. The Morgan fingerprint density at radius 2 is 1.93 bits per heavy atom. The molecule has 1 unspecified atom stereocenters. The SMILES string of the molecule is NC(=O)c1nn(CC(O)N2C[C@H](F)C[C@H]2C(=O)Nc2cccc(-c3ccccc3Cl)c2F)c2ccc(-c3cn[nH]c3)cc12. The van der Waals surface area contributed by atoms with Crippen molar-refractivity contribution in [3.8, 4) is 22.3 Å². The van der Waals surface area contributed by atoms with Gasteiger partial charge in [-0.3, -0.25) is 24.3 Å². The first-order valence-electron chi connectivity index (χ1n) is 13.4. The average Bonchev–Trinajstić information content (AvgIpc) is 3.74. The Bertz CT molecular complexity index is 1830. The predicted molar refractivity (Wildman–Crippen MR) is 157 cm³/mol. The second kappa shape index (κ2) is 11.6. The molecule has 1 fully saturated rings. The highest BCUT2D eigenvalue weighted by Crippen LogP contribution is 2.33. The van der Waals surface area contributed by atoms with E-state index in [0.29, 0.717) is 21.5 Å². The van der Waals surface area contributed by atoms with Crippen LogP contribution in [-0.4, -0.2) is 66.8 Å². The quantitative estimate of drug-likeness (QED) is 0.207. The van der Waals surface area contributed by atoms with Gasteiger partial charge < -0.3 is 16.2 Å². The number of alkyl halides is 1. The normalized spacial score (nSPS) is 17.8. The summed E-state index contributed by atoms with van der Waals surface area (Å²) >= 11 is 6.25. The number of carbonyl (C=O) groups is 2. The fraction of sp³-hybridized carbons (Fsp3) is 0.200. The second-order valence-corrected chi connectivity index (χ2v) is 10.7. The number of primary amides is 1. The molecule has 10 nitrogen and oxygen atoms in total. The summed E-state index contributed by atoms with van der Waals surface area (Å²) in [5.41, 5.74) is 8.21. The number of fused-ring (bicyclic) bond motifs is 1. The lowest BCUT2D eigenvalue weighted by Crippen LogP contribution is -2.47. The van der Waals surface area contributed by atoms with Crippen LogP contribution in [0.25, 0.3) is 33.2 Å². The van der Waals surface area contributed by atoms with Crippen LogP contribution < -0.4 is 11.1 Å². The van der Waals surface area contributed by atoms with Crippen LogP contribution in [0, 0.1) is 5.82 Å². The molecule has 220 valence electrons. The number of aromatic nitrogens is 4. The maximum absolute atomic E-state index is 15.5. The Kier molecular flexibility index (Phi) is 7.65. The van der Waals surface area contributed by atoms with Crippen molar-refractivity contribution in [3.63, 3.8) is 0 Å². The van der Waals surface area contributed by atoms with Gasteiger partial charge in [-0.2, -0.15) is 10.2 Å². The van der Waals surface area contributed by atoms with Crippen LogP contribution >= 0.6 is 11.6 Å². The number of aliphatic hydroxyl groups is 1. The molecular weight excluding hydrogens is 580 g/mol. The number of aliphatic hydroxyl groups excluding tert-OH is 1. The van der Waals surface area contributed by atoms with Gasteiger partial charge in [0, 0.05) is 46.3 Å². The van der Waals surface area contributed by atoms with Gasteiger partial charge in [0.05, 0.1) is 30.0 Å². The Morgan fingerprint density at radius 3 is 2.67 bits per heavy atom. The van der Waals surface area contributed by atoms with Gasteiger partial charge in [0.1, 0.15) is 12.4 Å². The predicted octanol–water partition coefficient (Wildman–Crippen LogP) is 4.35. The zero-order valence-electron chi connectivity index (χ0n) is 22.5. The minimum absolute atomic E-state index is 0.000467. The number of rotatable bonds is 8. The van der Waals surface area contributed by atoms with Crippen LogP contribution in [0.4, 0.5) is 14.5 Å². The molecule has 1 aliphatic rings. The molecule has 0 radical (unpaired) electrons. The molecule has 0 spiro atoms. The number of aromatic amines is 1. The van der Waals surface area contributed by atoms with Gasteiger partial charge in [0.2, 0.25) is 5.91 Å². The summed E-state index contributed by atoms with van der Waals surface area (Å²) in [4.78, 5) is 26.8. The molecule has 2 amide bonds. The van der Waals surface area contributed by atoms with E-state index in [9.17, 15) is 19.1 Å². The molecule has 0 saturated carbocycles. The molecule has 1 saturated heterocycles. The number of H-pyrrole nitrogens is 1. The van der Waals surface area contributed by atoms with E-state index in [4.69, 9.17) is 17.3 Å². The maximum atomic E-state index is 15.5. The van der Waals surface area contributed by atoms with Crippen LogP contribution in [0.15, 0.2) is 73.1 Å². The lowest BCUT2D eigenvalue weighted by molar-refractivity contribution is -0.124. The van der Waals surface area contributed by atoms with E-state index < -0.39 is 36.1 Å². The number of amides is 2. The molecule has 3 aromatic carbocycles. The van der Waals surface area contributed by atoms with Crippen molar-refractivity contribution in [2.75, 3.05) is 11.9 Å². The topological polar surface area (TPSA) is 142 Å². The van der Waals surface area contributed by atoms with Crippen molar-refractivity contribution in [2.24, 2.45) is 5.73 Å².